The van der Waals surface area contributed by atoms with Gasteiger partial charge in [-0.05, 0) is 23.3 Å². The van der Waals surface area contributed by atoms with Crippen LogP contribution in [0, 0.1) is 11.3 Å². The fraction of sp³-hybridized carbons (Fsp3) is 0.167. The molecule has 0 aliphatic rings. The summed E-state index contributed by atoms with van der Waals surface area (Å²) in [5, 5.41) is 13.9. The minimum absolute atomic E-state index is 0.0775. The number of amides is 2. The van der Waals surface area contributed by atoms with Gasteiger partial charge < -0.3 is 10.6 Å². The standard InChI is InChI=1S/C18H17N3O2/c19-11-10-17(22)20-13-15-6-8-16(9-7-15)21-18(23)12-14-4-2-1-3-5-14/h1-9H,10,12-13H2,(H,20,22)(H,21,23). The van der Waals surface area contributed by atoms with E-state index in [9.17, 15) is 9.59 Å². The third kappa shape index (κ3) is 5.64. The average molecular weight is 307 g/mol. The minimum Gasteiger partial charge on any atom is -0.351 e. The normalized spacial score (nSPS) is 9.70. The van der Waals surface area contributed by atoms with Crippen molar-refractivity contribution in [2.24, 2.45) is 0 Å². The Labute approximate surface area is 134 Å². The zero-order valence-electron chi connectivity index (χ0n) is 12.6. The molecule has 0 saturated carbocycles. The lowest BCUT2D eigenvalue weighted by atomic mass is 10.1. The van der Waals surface area contributed by atoms with Gasteiger partial charge in [-0.15, -0.1) is 0 Å². The molecule has 0 aliphatic heterocycles. The first-order valence-electron chi connectivity index (χ1n) is 7.24. The van der Waals surface area contributed by atoms with E-state index in [0.717, 1.165) is 11.1 Å². The monoisotopic (exact) mass is 307 g/mol. The molecule has 0 bridgehead atoms. The van der Waals surface area contributed by atoms with Gasteiger partial charge in [-0.1, -0.05) is 42.5 Å². The third-order valence-corrected chi connectivity index (χ3v) is 3.17. The van der Waals surface area contributed by atoms with E-state index in [1.54, 1.807) is 18.2 Å². The van der Waals surface area contributed by atoms with Crippen molar-refractivity contribution in [1.82, 2.24) is 5.32 Å². The SMILES string of the molecule is N#CCC(=O)NCc1ccc(NC(=O)Cc2ccccc2)cc1. The lowest BCUT2D eigenvalue weighted by Crippen LogP contribution is -2.21. The van der Waals surface area contributed by atoms with Crippen LogP contribution in [0.4, 0.5) is 5.69 Å². The van der Waals surface area contributed by atoms with E-state index in [1.165, 1.54) is 0 Å². The fourth-order valence-electron chi connectivity index (χ4n) is 2.03. The van der Waals surface area contributed by atoms with Crippen LogP contribution in [-0.2, 0) is 22.6 Å². The highest BCUT2D eigenvalue weighted by molar-refractivity contribution is 5.92. The number of nitrogens with zero attached hydrogens (tertiary/aromatic N) is 1. The van der Waals surface area contributed by atoms with Crippen LogP contribution in [0.2, 0.25) is 0 Å². The van der Waals surface area contributed by atoms with Gasteiger partial charge in [-0.3, -0.25) is 9.59 Å². The van der Waals surface area contributed by atoms with Crippen molar-refractivity contribution < 1.29 is 9.59 Å². The van der Waals surface area contributed by atoms with Gasteiger partial charge in [0.15, 0.2) is 0 Å². The predicted molar refractivity (Wildman–Crippen MR) is 87.3 cm³/mol. The molecule has 23 heavy (non-hydrogen) atoms. The molecule has 2 aromatic rings. The maximum Gasteiger partial charge on any atom is 0.234 e. The zero-order valence-corrected chi connectivity index (χ0v) is 12.6. The van der Waals surface area contributed by atoms with Crippen molar-refractivity contribution in [3.05, 3.63) is 65.7 Å². The molecule has 5 nitrogen and oxygen atoms in total. The van der Waals surface area contributed by atoms with Crippen molar-refractivity contribution >= 4 is 17.5 Å². The zero-order chi connectivity index (χ0) is 16.5. The van der Waals surface area contributed by atoms with Crippen LogP contribution >= 0.6 is 0 Å². The summed E-state index contributed by atoms with van der Waals surface area (Å²) in [4.78, 5) is 23.2. The molecule has 0 unspecified atom stereocenters. The first-order valence-corrected chi connectivity index (χ1v) is 7.24. The summed E-state index contributed by atoms with van der Waals surface area (Å²) in [5.74, 6) is -0.376. The molecule has 0 radical (unpaired) electrons. The summed E-state index contributed by atoms with van der Waals surface area (Å²) in [5.41, 5.74) is 2.57. The van der Waals surface area contributed by atoms with Gasteiger partial charge >= 0.3 is 0 Å². The lowest BCUT2D eigenvalue weighted by Gasteiger charge is -2.07. The van der Waals surface area contributed by atoms with E-state index in [2.05, 4.69) is 10.6 Å². The molecule has 2 amide bonds. The van der Waals surface area contributed by atoms with Crippen LogP contribution in [0.15, 0.2) is 54.6 Å². The molecule has 2 rings (SSSR count). The van der Waals surface area contributed by atoms with Crippen molar-refractivity contribution in [1.29, 1.82) is 5.26 Å². The second-order valence-corrected chi connectivity index (χ2v) is 5.02. The van der Waals surface area contributed by atoms with Gasteiger partial charge in [0.1, 0.15) is 6.42 Å². The number of benzene rings is 2. The summed E-state index contributed by atoms with van der Waals surface area (Å²) in [6, 6.07) is 18.5. The van der Waals surface area contributed by atoms with Gasteiger partial charge in [-0.25, -0.2) is 0 Å². The highest BCUT2D eigenvalue weighted by Crippen LogP contribution is 2.10. The largest absolute Gasteiger partial charge is 0.351 e. The molecule has 5 heteroatoms. The molecule has 0 saturated heterocycles. The van der Waals surface area contributed by atoms with Crippen LogP contribution in [0.5, 0.6) is 0 Å². The second-order valence-electron chi connectivity index (χ2n) is 5.02. The number of nitrogens with one attached hydrogen (secondary N) is 2. The Morgan fingerprint density at radius 1 is 0.913 bits per heavy atom. The van der Waals surface area contributed by atoms with Crippen molar-refractivity contribution in [2.75, 3.05) is 5.32 Å². The van der Waals surface area contributed by atoms with Crippen LogP contribution in [-0.4, -0.2) is 11.8 Å². The second kappa shape index (κ2) is 8.35. The van der Waals surface area contributed by atoms with E-state index < -0.39 is 0 Å². The molecule has 0 aliphatic carbocycles. The number of anilines is 1. The van der Waals surface area contributed by atoms with Gasteiger partial charge in [0.2, 0.25) is 11.8 Å². The number of rotatable bonds is 6. The van der Waals surface area contributed by atoms with Crippen molar-refractivity contribution in [3.8, 4) is 6.07 Å². The van der Waals surface area contributed by atoms with Crippen LogP contribution < -0.4 is 10.6 Å². The van der Waals surface area contributed by atoms with Gasteiger partial charge in [0, 0.05) is 12.2 Å². The number of hydrogen-bond acceptors (Lipinski definition) is 3. The Kier molecular flexibility index (Phi) is 5.89. The summed E-state index contributed by atoms with van der Waals surface area (Å²) in [6.45, 7) is 0.360. The molecular weight excluding hydrogens is 290 g/mol. The van der Waals surface area contributed by atoms with Gasteiger partial charge in [0.25, 0.3) is 0 Å². The number of carbonyl (C=O) groups is 2. The van der Waals surface area contributed by atoms with Crippen LogP contribution in [0.3, 0.4) is 0 Å². The Balaban J connectivity index is 1.84. The fourth-order valence-corrected chi connectivity index (χ4v) is 2.03. The molecular formula is C18H17N3O2. The van der Waals surface area contributed by atoms with Crippen LogP contribution in [0.25, 0.3) is 0 Å². The molecule has 0 spiro atoms. The number of hydrogen-bond donors (Lipinski definition) is 2. The van der Waals surface area contributed by atoms with E-state index in [4.69, 9.17) is 5.26 Å². The summed E-state index contributed by atoms with van der Waals surface area (Å²) < 4.78 is 0. The first-order chi connectivity index (χ1) is 11.2. The minimum atomic E-state index is -0.298. The first kappa shape index (κ1) is 16.2. The predicted octanol–water partition coefficient (Wildman–Crippen LogP) is 2.40. The summed E-state index contributed by atoms with van der Waals surface area (Å²) in [6.07, 6.45) is 0.181. The summed E-state index contributed by atoms with van der Waals surface area (Å²) >= 11 is 0. The van der Waals surface area contributed by atoms with Gasteiger partial charge in [-0.2, -0.15) is 5.26 Å². The highest BCUT2D eigenvalue weighted by Gasteiger charge is 2.04. The average Bonchev–Trinajstić information content (AvgIpc) is 2.55. The van der Waals surface area contributed by atoms with E-state index in [-0.39, 0.29) is 18.2 Å². The lowest BCUT2D eigenvalue weighted by molar-refractivity contribution is -0.120. The Bertz CT molecular complexity index is 703. The molecule has 116 valence electrons. The topological polar surface area (TPSA) is 82.0 Å². The van der Waals surface area contributed by atoms with Crippen molar-refractivity contribution in [3.63, 3.8) is 0 Å². The quantitative estimate of drug-likeness (QED) is 0.859. The van der Waals surface area contributed by atoms with E-state index >= 15 is 0 Å². The third-order valence-electron chi connectivity index (χ3n) is 3.17. The molecule has 0 heterocycles. The Morgan fingerprint density at radius 3 is 2.26 bits per heavy atom. The van der Waals surface area contributed by atoms with E-state index in [1.807, 2.05) is 42.5 Å². The van der Waals surface area contributed by atoms with Crippen LogP contribution in [0.1, 0.15) is 17.5 Å². The van der Waals surface area contributed by atoms with E-state index in [0.29, 0.717) is 18.7 Å². The van der Waals surface area contributed by atoms with Gasteiger partial charge in [0.05, 0.1) is 12.5 Å². The Hall–Kier alpha value is -3.13. The van der Waals surface area contributed by atoms with Crippen molar-refractivity contribution in [2.45, 2.75) is 19.4 Å². The molecule has 0 atom stereocenters. The smallest absolute Gasteiger partial charge is 0.234 e. The molecule has 0 fully saturated rings. The molecule has 2 aromatic carbocycles. The number of nitriles is 1. The molecule has 0 aromatic heterocycles. The maximum absolute atomic E-state index is 12.0. The number of carbonyl (C=O) groups excluding carboxylic acids is 2. The maximum atomic E-state index is 12.0. The summed E-state index contributed by atoms with van der Waals surface area (Å²) in [7, 11) is 0. The Morgan fingerprint density at radius 2 is 1.61 bits per heavy atom. The highest BCUT2D eigenvalue weighted by atomic mass is 16.2. The molecule has 2 N–H and O–H groups in total.